The van der Waals surface area contributed by atoms with Crippen LogP contribution in [0, 0.1) is 5.92 Å². The fourth-order valence-corrected chi connectivity index (χ4v) is 0.632. The van der Waals surface area contributed by atoms with Gasteiger partial charge in [-0.15, -0.1) is 0 Å². The zero-order chi connectivity index (χ0) is 9.40. The zero-order valence-corrected chi connectivity index (χ0v) is 6.80. The van der Waals surface area contributed by atoms with Gasteiger partial charge in [-0.2, -0.15) is 0 Å². The van der Waals surface area contributed by atoms with E-state index in [1.165, 1.54) is 6.34 Å². The molecule has 0 aromatic rings. The predicted molar refractivity (Wildman–Crippen MR) is 47.4 cm³/mol. The molecule has 0 radical (unpaired) electrons. The summed E-state index contributed by atoms with van der Waals surface area (Å²) in [5.74, 6) is -0.798. The highest BCUT2D eigenvalue weighted by Gasteiger charge is 2.09. The molecule has 0 unspecified atom stereocenters. The molecule has 0 spiro atoms. The summed E-state index contributed by atoms with van der Waals surface area (Å²) < 4.78 is 0. The SMILES string of the molecule is C=NC=N/C(=C\C)C(C=O)C=O. The summed E-state index contributed by atoms with van der Waals surface area (Å²) in [4.78, 5) is 27.7. The molecule has 0 aliphatic rings. The second kappa shape index (κ2) is 6.15. The van der Waals surface area contributed by atoms with Crippen molar-refractivity contribution in [2.75, 3.05) is 0 Å². The van der Waals surface area contributed by atoms with E-state index in [-0.39, 0.29) is 0 Å². The lowest BCUT2D eigenvalue weighted by molar-refractivity contribution is -0.117. The lowest BCUT2D eigenvalue weighted by Gasteiger charge is -1.99. The molecule has 0 atom stereocenters. The fourth-order valence-electron chi connectivity index (χ4n) is 0.632. The average molecular weight is 166 g/mol. The van der Waals surface area contributed by atoms with E-state index in [1.54, 1.807) is 13.0 Å². The first-order chi connectivity index (χ1) is 5.79. The van der Waals surface area contributed by atoms with Crippen LogP contribution >= 0.6 is 0 Å². The average Bonchev–Trinajstić information content (AvgIpc) is 2.12. The maximum atomic E-state index is 10.3. The third kappa shape index (κ3) is 3.01. The summed E-state index contributed by atoms with van der Waals surface area (Å²) in [7, 11) is 0. The molecule has 0 amide bonds. The van der Waals surface area contributed by atoms with Crippen LogP contribution in [0.15, 0.2) is 21.8 Å². The van der Waals surface area contributed by atoms with Crippen molar-refractivity contribution in [1.29, 1.82) is 0 Å². The number of carbonyl (C=O) groups is 2. The molecule has 0 saturated carbocycles. The number of hydrogen-bond donors (Lipinski definition) is 0. The molecule has 0 aromatic carbocycles. The lowest BCUT2D eigenvalue weighted by atomic mass is 10.1. The molecule has 0 aliphatic heterocycles. The number of rotatable bonds is 5. The van der Waals surface area contributed by atoms with Gasteiger partial charge in [0, 0.05) is 0 Å². The fraction of sp³-hybridized carbons (Fsp3) is 0.250. The van der Waals surface area contributed by atoms with Gasteiger partial charge >= 0.3 is 0 Å². The van der Waals surface area contributed by atoms with Crippen LogP contribution in [0.25, 0.3) is 0 Å². The molecule has 0 N–H and O–H groups in total. The van der Waals surface area contributed by atoms with Gasteiger partial charge in [-0.3, -0.25) is 4.99 Å². The standard InChI is InChI=1S/C8H10N2O2/c1-3-8(10-6-9-2)7(4-11)5-12/h3-7H,2H2,1H3/b8-3-,10-6?. The second-order valence-corrected chi connectivity index (χ2v) is 1.94. The van der Waals surface area contributed by atoms with Gasteiger partial charge < -0.3 is 9.59 Å². The summed E-state index contributed by atoms with van der Waals surface area (Å²) in [5.41, 5.74) is 0.382. The number of hydrogen-bond acceptors (Lipinski definition) is 3. The summed E-state index contributed by atoms with van der Waals surface area (Å²) in [5, 5.41) is 0. The molecule has 12 heavy (non-hydrogen) atoms. The van der Waals surface area contributed by atoms with Crippen LogP contribution in [0.5, 0.6) is 0 Å². The van der Waals surface area contributed by atoms with Crippen molar-refractivity contribution < 1.29 is 9.59 Å². The van der Waals surface area contributed by atoms with E-state index in [2.05, 4.69) is 16.7 Å². The van der Waals surface area contributed by atoms with Crippen molar-refractivity contribution in [1.82, 2.24) is 0 Å². The van der Waals surface area contributed by atoms with Crippen molar-refractivity contribution in [2.45, 2.75) is 6.92 Å². The van der Waals surface area contributed by atoms with Crippen LogP contribution in [0.2, 0.25) is 0 Å². The normalized spacial score (nSPS) is 12.0. The first kappa shape index (κ1) is 10.4. The molecular weight excluding hydrogens is 156 g/mol. The maximum Gasteiger partial charge on any atom is 0.136 e. The number of nitrogens with zero attached hydrogens (tertiary/aromatic N) is 2. The van der Waals surface area contributed by atoms with Gasteiger partial charge in [0.25, 0.3) is 0 Å². The lowest BCUT2D eigenvalue weighted by Crippen LogP contribution is -2.05. The number of aliphatic imine (C=N–C) groups is 2. The van der Waals surface area contributed by atoms with E-state index in [1.807, 2.05) is 0 Å². The Bertz CT molecular complexity index is 223. The van der Waals surface area contributed by atoms with Crippen molar-refractivity contribution in [3.05, 3.63) is 11.8 Å². The van der Waals surface area contributed by atoms with Gasteiger partial charge in [0.2, 0.25) is 0 Å². The number of aldehydes is 2. The van der Waals surface area contributed by atoms with E-state index < -0.39 is 5.92 Å². The molecule has 64 valence electrons. The van der Waals surface area contributed by atoms with Crippen LogP contribution in [0.1, 0.15) is 6.92 Å². The molecule has 0 fully saturated rings. The highest BCUT2D eigenvalue weighted by molar-refractivity contribution is 5.82. The first-order valence-electron chi connectivity index (χ1n) is 3.35. The van der Waals surface area contributed by atoms with E-state index in [0.717, 1.165) is 0 Å². The third-order valence-corrected chi connectivity index (χ3v) is 1.22. The van der Waals surface area contributed by atoms with Crippen LogP contribution < -0.4 is 0 Å². The summed E-state index contributed by atoms with van der Waals surface area (Å²) in [6.07, 6.45) is 3.83. The minimum absolute atomic E-state index is 0.382. The van der Waals surface area contributed by atoms with Gasteiger partial charge in [-0.05, 0) is 13.6 Å². The zero-order valence-electron chi connectivity index (χ0n) is 6.80. The summed E-state index contributed by atoms with van der Waals surface area (Å²) in [6.45, 7) is 4.86. The van der Waals surface area contributed by atoms with E-state index in [4.69, 9.17) is 0 Å². The Kier molecular flexibility index (Phi) is 5.34. The third-order valence-electron chi connectivity index (χ3n) is 1.22. The monoisotopic (exact) mass is 166 g/mol. The van der Waals surface area contributed by atoms with Gasteiger partial charge in [-0.1, -0.05) is 6.08 Å². The topological polar surface area (TPSA) is 58.9 Å². The van der Waals surface area contributed by atoms with Crippen LogP contribution in [0.3, 0.4) is 0 Å². The van der Waals surface area contributed by atoms with Crippen LogP contribution in [-0.2, 0) is 9.59 Å². The number of allylic oxidation sites excluding steroid dienone is 2. The van der Waals surface area contributed by atoms with E-state index in [9.17, 15) is 9.59 Å². The van der Waals surface area contributed by atoms with Crippen molar-refractivity contribution in [3.63, 3.8) is 0 Å². The molecular formula is C8H10N2O2. The Hall–Kier alpha value is -1.58. The Balaban J connectivity index is 4.53. The Morgan fingerprint density at radius 3 is 2.33 bits per heavy atom. The molecule has 0 aromatic heterocycles. The molecule has 0 rings (SSSR count). The second-order valence-electron chi connectivity index (χ2n) is 1.94. The largest absolute Gasteiger partial charge is 0.302 e. The smallest absolute Gasteiger partial charge is 0.136 e. The highest BCUT2D eigenvalue weighted by atomic mass is 16.1. The quantitative estimate of drug-likeness (QED) is 0.260. The molecule has 0 heterocycles. The minimum atomic E-state index is -0.798. The van der Waals surface area contributed by atoms with Crippen molar-refractivity contribution in [2.24, 2.45) is 15.9 Å². The van der Waals surface area contributed by atoms with Crippen molar-refractivity contribution >= 4 is 25.6 Å². The van der Waals surface area contributed by atoms with Gasteiger partial charge in [0.15, 0.2) is 0 Å². The molecule has 0 aliphatic carbocycles. The summed E-state index contributed by atoms with van der Waals surface area (Å²) >= 11 is 0. The molecule has 4 nitrogen and oxygen atoms in total. The van der Waals surface area contributed by atoms with Crippen LogP contribution in [0.4, 0.5) is 0 Å². The van der Waals surface area contributed by atoms with Gasteiger partial charge in [-0.25, -0.2) is 4.99 Å². The van der Waals surface area contributed by atoms with Crippen molar-refractivity contribution in [3.8, 4) is 0 Å². The predicted octanol–water partition coefficient (Wildman–Crippen LogP) is 0.633. The van der Waals surface area contributed by atoms with Gasteiger partial charge in [0.1, 0.15) is 24.8 Å². The minimum Gasteiger partial charge on any atom is -0.302 e. The Labute approximate surface area is 70.7 Å². The van der Waals surface area contributed by atoms with E-state index >= 15 is 0 Å². The van der Waals surface area contributed by atoms with Crippen LogP contribution in [-0.4, -0.2) is 25.6 Å². The highest BCUT2D eigenvalue weighted by Crippen LogP contribution is 2.06. The molecule has 4 heteroatoms. The summed E-state index contributed by atoms with van der Waals surface area (Å²) in [6, 6.07) is 0. The first-order valence-corrected chi connectivity index (χ1v) is 3.35. The van der Waals surface area contributed by atoms with Gasteiger partial charge in [0.05, 0.1) is 5.70 Å². The Morgan fingerprint density at radius 2 is 2.00 bits per heavy atom. The Morgan fingerprint density at radius 1 is 1.42 bits per heavy atom. The molecule has 0 saturated heterocycles. The number of carbonyl (C=O) groups excluding carboxylic acids is 2. The van der Waals surface area contributed by atoms with E-state index in [0.29, 0.717) is 18.3 Å². The maximum absolute atomic E-state index is 10.3. The molecule has 0 bridgehead atoms.